The molecule has 0 radical (unpaired) electrons. The van der Waals surface area contributed by atoms with E-state index in [1.54, 1.807) is 0 Å². The van der Waals surface area contributed by atoms with E-state index in [1.165, 1.54) is 32.7 Å². The summed E-state index contributed by atoms with van der Waals surface area (Å²) in [5, 5.41) is 6.76. The van der Waals surface area contributed by atoms with E-state index in [0.717, 1.165) is 77.6 Å². The molecule has 0 saturated carbocycles. The zero-order chi connectivity index (χ0) is 42.3. The molecule has 13 aromatic rings. The SMILES string of the molecule is Cc1cc(-c2nc(-c3ccccc3)nc(-c3ccccc3)n2)c2oc3ccccc3c2c1-n1c2ccccc2c2cc(-c3ccccc3)c3c4ccccc4n(-c4ccccc4)c3c21. The van der Waals surface area contributed by atoms with Crippen LogP contribution in [0.1, 0.15) is 5.56 Å². The molecule has 0 bridgehead atoms. The number of furan rings is 1. The maximum atomic E-state index is 7.03. The average Bonchev–Trinajstić information content (AvgIpc) is 4.03. The Kier molecular flexibility index (Phi) is 8.02. The van der Waals surface area contributed by atoms with Crippen LogP contribution in [0.5, 0.6) is 0 Å². The Morgan fingerprint density at radius 2 is 0.906 bits per heavy atom. The molecule has 0 atom stereocenters. The molecular formula is C58H37N5O. The molecular weight excluding hydrogens is 783 g/mol. The van der Waals surface area contributed by atoms with Crippen LogP contribution in [0, 0.1) is 6.92 Å². The molecule has 0 N–H and O–H groups in total. The Hall–Kier alpha value is -8.61. The fourth-order valence-electron chi connectivity index (χ4n) is 9.92. The lowest BCUT2D eigenvalue weighted by Crippen LogP contribution is -2.03. The predicted molar refractivity (Wildman–Crippen MR) is 262 cm³/mol. The Bertz CT molecular complexity index is 3890. The van der Waals surface area contributed by atoms with Gasteiger partial charge in [-0.3, -0.25) is 0 Å². The fraction of sp³-hybridized carbons (Fsp3) is 0.0172. The lowest BCUT2D eigenvalue weighted by Gasteiger charge is -2.17. The maximum absolute atomic E-state index is 7.03. The van der Waals surface area contributed by atoms with Crippen molar-refractivity contribution in [3.05, 3.63) is 212 Å². The number of nitrogens with zero attached hydrogens (tertiary/aromatic N) is 5. The minimum absolute atomic E-state index is 0.549. The van der Waals surface area contributed by atoms with Crippen LogP contribution >= 0.6 is 0 Å². The maximum Gasteiger partial charge on any atom is 0.167 e. The van der Waals surface area contributed by atoms with Crippen molar-refractivity contribution in [1.82, 2.24) is 24.1 Å². The average molecular weight is 820 g/mol. The number of benzene rings is 9. The summed E-state index contributed by atoms with van der Waals surface area (Å²) in [6.45, 7) is 2.21. The fourth-order valence-corrected chi connectivity index (χ4v) is 9.92. The van der Waals surface area contributed by atoms with E-state index in [9.17, 15) is 0 Å². The van der Waals surface area contributed by atoms with Gasteiger partial charge in [0.15, 0.2) is 17.5 Å². The third-order valence-electron chi connectivity index (χ3n) is 12.6. The second-order valence-electron chi connectivity index (χ2n) is 16.4. The first-order valence-electron chi connectivity index (χ1n) is 21.6. The van der Waals surface area contributed by atoms with E-state index in [4.69, 9.17) is 19.4 Å². The second kappa shape index (κ2) is 14.2. The topological polar surface area (TPSA) is 61.7 Å². The van der Waals surface area contributed by atoms with Crippen LogP contribution in [-0.4, -0.2) is 24.1 Å². The van der Waals surface area contributed by atoms with E-state index < -0.39 is 0 Å². The monoisotopic (exact) mass is 819 g/mol. The molecule has 64 heavy (non-hydrogen) atoms. The van der Waals surface area contributed by atoms with Gasteiger partial charge in [-0.05, 0) is 66.1 Å². The number of hydrogen-bond donors (Lipinski definition) is 0. The lowest BCUT2D eigenvalue weighted by atomic mass is 9.96. The van der Waals surface area contributed by atoms with Crippen LogP contribution in [-0.2, 0) is 0 Å². The van der Waals surface area contributed by atoms with Crippen molar-refractivity contribution >= 4 is 65.6 Å². The van der Waals surface area contributed by atoms with Gasteiger partial charge in [0.25, 0.3) is 0 Å². The molecule has 0 saturated heterocycles. The van der Waals surface area contributed by atoms with E-state index in [-0.39, 0.29) is 0 Å². The van der Waals surface area contributed by atoms with Crippen molar-refractivity contribution in [2.45, 2.75) is 6.92 Å². The molecule has 4 aromatic heterocycles. The first kappa shape index (κ1) is 36.1. The summed E-state index contributed by atoms with van der Waals surface area (Å²) in [7, 11) is 0. The smallest absolute Gasteiger partial charge is 0.167 e. The molecule has 0 aliphatic rings. The minimum Gasteiger partial charge on any atom is -0.455 e. The number of fused-ring (bicyclic) bond motifs is 10. The standard InChI is InChI=1S/C58H37N5O/c1-36-34-46(58-60-56(38-22-8-3-9-23-38)59-57(61-58)39-24-10-4-11-25-39)55-51(43-30-16-19-33-49(43)64-55)52(36)63-47-31-17-14-28-41(47)45-35-44(37-20-6-2-7-21-37)50-42-29-15-18-32-48(42)62(54(50)53(45)63)40-26-12-5-13-27-40/h2-35H,1H3. The second-order valence-corrected chi connectivity index (χ2v) is 16.4. The molecule has 0 amide bonds. The summed E-state index contributed by atoms with van der Waals surface area (Å²) in [6.07, 6.45) is 0. The highest BCUT2D eigenvalue weighted by atomic mass is 16.3. The summed E-state index contributed by atoms with van der Waals surface area (Å²) in [6, 6.07) is 72.4. The van der Waals surface area contributed by atoms with Crippen LogP contribution in [0.25, 0.3) is 122 Å². The quantitative estimate of drug-likeness (QED) is 0.168. The van der Waals surface area contributed by atoms with Crippen LogP contribution in [0.2, 0.25) is 0 Å². The van der Waals surface area contributed by atoms with Gasteiger partial charge in [-0.25, -0.2) is 15.0 Å². The van der Waals surface area contributed by atoms with E-state index >= 15 is 0 Å². The first-order valence-corrected chi connectivity index (χ1v) is 21.6. The van der Waals surface area contributed by atoms with Crippen molar-refractivity contribution < 1.29 is 4.42 Å². The summed E-state index contributed by atoms with van der Waals surface area (Å²) >= 11 is 0. The number of hydrogen-bond acceptors (Lipinski definition) is 4. The van der Waals surface area contributed by atoms with Gasteiger partial charge >= 0.3 is 0 Å². The summed E-state index contributed by atoms with van der Waals surface area (Å²) in [4.78, 5) is 15.4. The van der Waals surface area contributed by atoms with Gasteiger partial charge in [0, 0.05) is 43.7 Å². The molecule has 0 spiro atoms. The van der Waals surface area contributed by atoms with Gasteiger partial charge in [-0.1, -0.05) is 164 Å². The number of para-hydroxylation sites is 4. The zero-order valence-electron chi connectivity index (χ0n) is 34.8. The van der Waals surface area contributed by atoms with Gasteiger partial charge in [-0.2, -0.15) is 0 Å². The normalized spacial score (nSPS) is 11.8. The summed E-state index contributed by atoms with van der Waals surface area (Å²) in [5.41, 5.74) is 14.2. The summed E-state index contributed by atoms with van der Waals surface area (Å²) < 4.78 is 12.0. The molecule has 0 fully saturated rings. The highest BCUT2D eigenvalue weighted by Crippen LogP contribution is 2.49. The first-order chi connectivity index (χ1) is 31.7. The number of aryl methyl sites for hydroxylation is 1. The lowest BCUT2D eigenvalue weighted by molar-refractivity contribution is 0.669. The van der Waals surface area contributed by atoms with Crippen molar-refractivity contribution in [3.8, 4) is 56.7 Å². The number of aromatic nitrogens is 5. The predicted octanol–water partition coefficient (Wildman–Crippen LogP) is 14.9. The Morgan fingerprint density at radius 1 is 0.391 bits per heavy atom. The van der Waals surface area contributed by atoms with Gasteiger partial charge in [0.05, 0.1) is 38.7 Å². The Balaban J connectivity index is 1.21. The molecule has 13 rings (SSSR count). The van der Waals surface area contributed by atoms with E-state index in [0.29, 0.717) is 17.5 Å². The van der Waals surface area contributed by atoms with Gasteiger partial charge in [0.2, 0.25) is 0 Å². The van der Waals surface area contributed by atoms with Crippen molar-refractivity contribution in [2.24, 2.45) is 0 Å². The molecule has 300 valence electrons. The minimum atomic E-state index is 0.549. The molecule has 0 unspecified atom stereocenters. The third-order valence-corrected chi connectivity index (χ3v) is 12.6. The summed E-state index contributed by atoms with van der Waals surface area (Å²) in [5.74, 6) is 1.75. The molecule has 4 heterocycles. The largest absolute Gasteiger partial charge is 0.455 e. The van der Waals surface area contributed by atoms with Gasteiger partial charge < -0.3 is 13.6 Å². The molecule has 9 aromatic carbocycles. The number of rotatable bonds is 6. The molecule has 6 heteroatoms. The van der Waals surface area contributed by atoms with Crippen LogP contribution < -0.4 is 0 Å². The molecule has 0 aliphatic heterocycles. The van der Waals surface area contributed by atoms with Crippen molar-refractivity contribution in [1.29, 1.82) is 0 Å². The van der Waals surface area contributed by atoms with E-state index in [1.807, 2.05) is 66.7 Å². The highest BCUT2D eigenvalue weighted by Gasteiger charge is 2.28. The van der Waals surface area contributed by atoms with Crippen LogP contribution in [0.3, 0.4) is 0 Å². The molecule has 6 nitrogen and oxygen atoms in total. The van der Waals surface area contributed by atoms with E-state index in [2.05, 4.69) is 156 Å². The Morgan fingerprint density at radius 3 is 1.56 bits per heavy atom. The zero-order valence-corrected chi connectivity index (χ0v) is 34.8. The van der Waals surface area contributed by atoms with Crippen molar-refractivity contribution in [3.63, 3.8) is 0 Å². The Labute approximate surface area is 368 Å². The van der Waals surface area contributed by atoms with Crippen LogP contribution in [0.4, 0.5) is 0 Å². The third kappa shape index (κ3) is 5.42. The molecule has 0 aliphatic carbocycles. The van der Waals surface area contributed by atoms with Gasteiger partial charge in [-0.15, -0.1) is 0 Å². The van der Waals surface area contributed by atoms with Crippen molar-refractivity contribution in [2.75, 3.05) is 0 Å². The van der Waals surface area contributed by atoms with Gasteiger partial charge in [0.1, 0.15) is 11.2 Å². The highest BCUT2D eigenvalue weighted by molar-refractivity contribution is 6.29. The van der Waals surface area contributed by atoms with Crippen LogP contribution in [0.15, 0.2) is 211 Å².